The van der Waals surface area contributed by atoms with E-state index in [0.29, 0.717) is 32.7 Å². The molecule has 2 aromatic carbocycles. The lowest BCUT2D eigenvalue weighted by molar-refractivity contribution is -0.128. The highest BCUT2D eigenvalue weighted by molar-refractivity contribution is 5.79. The standard InChI is InChI=1S/C23H30N4O2/c1-18-8-10-21(11-9-18)29-14-12-25-23(24-2)26-16-19-5-3-6-20(15-19)17-27-13-4-7-22(27)28/h3,5-6,8-11,15H,4,7,12-14,16-17H2,1-2H3,(H2,24,25,26). The number of nitrogens with zero attached hydrogens (tertiary/aromatic N) is 2. The lowest BCUT2D eigenvalue weighted by Gasteiger charge is -2.16. The molecular formula is C23H30N4O2. The maximum atomic E-state index is 11.8. The number of ether oxygens (including phenoxy) is 1. The van der Waals surface area contributed by atoms with Crippen molar-refractivity contribution >= 4 is 11.9 Å². The molecule has 1 fully saturated rings. The Morgan fingerprint density at radius 3 is 2.66 bits per heavy atom. The van der Waals surface area contributed by atoms with Crippen molar-refractivity contribution in [2.45, 2.75) is 32.9 Å². The van der Waals surface area contributed by atoms with Crippen LogP contribution >= 0.6 is 0 Å². The van der Waals surface area contributed by atoms with Gasteiger partial charge in [-0.1, -0.05) is 42.0 Å². The monoisotopic (exact) mass is 394 g/mol. The summed E-state index contributed by atoms with van der Waals surface area (Å²) in [5, 5.41) is 6.59. The Bertz CT molecular complexity index is 833. The molecule has 0 atom stereocenters. The highest BCUT2D eigenvalue weighted by Crippen LogP contribution is 2.15. The summed E-state index contributed by atoms with van der Waals surface area (Å²) in [6, 6.07) is 16.4. The molecule has 0 aromatic heterocycles. The Balaban J connectivity index is 1.41. The third-order valence-corrected chi connectivity index (χ3v) is 4.90. The van der Waals surface area contributed by atoms with Crippen molar-refractivity contribution in [1.29, 1.82) is 0 Å². The van der Waals surface area contributed by atoms with Crippen LogP contribution in [-0.2, 0) is 17.9 Å². The second kappa shape index (κ2) is 10.5. The second-order valence-corrected chi connectivity index (χ2v) is 7.25. The SMILES string of the molecule is CN=C(NCCOc1ccc(C)cc1)NCc1cccc(CN2CCCC2=O)c1. The molecule has 6 heteroatoms. The van der Waals surface area contributed by atoms with Gasteiger partial charge in [-0.2, -0.15) is 0 Å². The minimum Gasteiger partial charge on any atom is -0.492 e. The van der Waals surface area contributed by atoms with E-state index in [9.17, 15) is 4.79 Å². The first-order valence-electron chi connectivity index (χ1n) is 10.1. The Morgan fingerprint density at radius 1 is 1.14 bits per heavy atom. The molecule has 29 heavy (non-hydrogen) atoms. The lowest BCUT2D eigenvalue weighted by atomic mass is 10.1. The summed E-state index contributed by atoms with van der Waals surface area (Å²) in [5.41, 5.74) is 3.54. The molecule has 154 valence electrons. The molecular weight excluding hydrogens is 364 g/mol. The number of aliphatic imine (C=N–C) groups is 1. The number of rotatable bonds is 8. The number of carbonyl (C=O) groups is 1. The summed E-state index contributed by atoms with van der Waals surface area (Å²) < 4.78 is 5.73. The highest BCUT2D eigenvalue weighted by Gasteiger charge is 2.19. The smallest absolute Gasteiger partial charge is 0.222 e. The van der Waals surface area contributed by atoms with Gasteiger partial charge in [-0.15, -0.1) is 0 Å². The largest absolute Gasteiger partial charge is 0.492 e. The summed E-state index contributed by atoms with van der Waals surface area (Å²) in [5.74, 6) is 1.86. The number of carbonyl (C=O) groups excluding carboxylic acids is 1. The minimum atomic E-state index is 0.256. The number of likely N-dealkylation sites (tertiary alicyclic amines) is 1. The number of aryl methyl sites for hydroxylation is 1. The first kappa shape index (κ1) is 20.7. The number of benzene rings is 2. The molecule has 0 unspecified atom stereocenters. The second-order valence-electron chi connectivity index (χ2n) is 7.25. The van der Waals surface area contributed by atoms with Gasteiger partial charge >= 0.3 is 0 Å². The van der Waals surface area contributed by atoms with E-state index in [4.69, 9.17) is 4.74 Å². The van der Waals surface area contributed by atoms with E-state index in [2.05, 4.69) is 40.7 Å². The predicted octanol–water partition coefficient (Wildman–Crippen LogP) is 2.86. The van der Waals surface area contributed by atoms with E-state index in [0.717, 1.165) is 35.8 Å². The molecule has 2 N–H and O–H groups in total. The van der Waals surface area contributed by atoms with Crippen LogP contribution < -0.4 is 15.4 Å². The Labute approximate surface area is 173 Å². The van der Waals surface area contributed by atoms with E-state index < -0.39 is 0 Å². The summed E-state index contributed by atoms with van der Waals surface area (Å²) in [4.78, 5) is 18.0. The molecule has 6 nitrogen and oxygen atoms in total. The summed E-state index contributed by atoms with van der Waals surface area (Å²) in [7, 11) is 1.76. The van der Waals surface area contributed by atoms with Crippen molar-refractivity contribution in [2.24, 2.45) is 4.99 Å². The number of hydrogen-bond donors (Lipinski definition) is 2. The third-order valence-electron chi connectivity index (χ3n) is 4.90. The first-order chi connectivity index (χ1) is 14.1. The van der Waals surface area contributed by atoms with E-state index in [1.54, 1.807) is 7.05 Å². The molecule has 1 heterocycles. The van der Waals surface area contributed by atoms with Crippen molar-refractivity contribution in [2.75, 3.05) is 26.7 Å². The van der Waals surface area contributed by atoms with Crippen LogP contribution in [0.15, 0.2) is 53.5 Å². The molecule has 1 aliphatic rings. The normalized spacial score (nSPS) is 14.2. The Morgan fingerprint density at radius 2 is 1.93 bits per heavy atom. The highest BCUT2D eigenvalue weighted by atomic mass is 16.5. The molecule has 0 spiro atoms. The molecule has 0 bridgehead atoms. The topological polar surface area (TPSA) is 66.0 Å². The Kier molecular flexibility index (Phi) is 7.50. The van der Waals surface area contributed by atoms with Crippen LogP contribution in [0.25, 0.3) is 0 Å². The number of guanidine groups is 1. The molecule has 0 aliphatic carbocycles. The average molecular weight is 395 g/mol. The lowest BCUT2D eigenvalue weighted by Crippen LogP contribution is -2.38. The van der Waals surface area contributed by atoms with Crippen LogP contribution in [0.4, 0.5) is 0 Å². The molecule has 1 aliphatic heterocycles. The van der Waals surface area contributed by atoms with Gasteiger partial charge < -0.3 is 20.3 Å². The van der Waals surface area contributed by atoms with Crippen LogP contribution in [-0.4, -0.2) is 43.5 Å². The molecule has 3 rings (SSSR count). The van der Waals surface area contributed by atoms with Crippen molar-refractivity contribution in [1.82, 2.24) is 15.5 Å². The van der Waals surface area contributed by atoms with Crippen LogP contribution in [0.2, 0.25) is 0 Å². The van der Waals surface area contributed by atoms with Crippen LogP contribution in [0.5, 0.6) is 5.75 Å². The maximum Gasteiger partial charge on any atom is 0.222 e. The summed E-state index contributed by atoms with van der Waals surface area (Å²) >= 11 is 0. The van der Waals surface area contributed by atoms with Gasteiger partial charge in [-0.25, -0.2) is 0 Å². The van der Waals surface area contributed by atoms with Gasteiger partial charge in [0.05, 0.1) is 6.54 Å². The molecule has 1 amide bonds. The van der Waals surface area contributed by atoms with Crippen molar-refractivity contribution in [3.63, 3.8) is 0 Å². The van der Waals surface area contributed by atoms with Crippen molar-refractivity contribution in [3.05, 3.63) is 65.2 Å². The maximum absolute atomic E-state index is 11.8. The average Bonchev–Trinajstić information content (AvgIpc) is 3.13. The molecule has 0 saturated carbocycles. The van der Waals surface area contributed by atoms with Gasteiger partial charge in [-0.3, -0.25) is 9.79 Å². The first-order valence-corrected chi connectivity index (χ1v) is 10.1. The van der Waals surface area contributed by atoms with E-state index >= 15 is 0 Å². The fourth-order valence-corrected chi connectivity index (χ4v) is 3.31. The van der Waals surface area contributed by atoms with Gasteiger partial charge in [0.1, 0.15) is 12.4 Å². The zero-order valence-corrected chi connectivity index (χ0v) is 17.3. The van der Waals surface area contributed by atoms with E-state index in [1.807, 2.05) is 35.2 Å². The molecule has 0 radical (unpaired) electrons. The van der Waals surface area contributed by atoms with Gasteiger partial charge in [0.15, 0.2) is 5.96 Å². The molecule has 1 saturated heterocycles. The van der Waals surface area contributed by atoms with Crippen molar-refractivity contribution < 1.29 is 9.53 Å². The number of amides is 1. The zero-order valence-electron chi connectivity index (χ0n) is 17.3. The summed E-state index contributed by atoms with van der Waals surface area (Å²) in [6.07, 6.45) is 1.65. The summed E-state index contributed by atoms with van der Waals surface area (Å²) in [6.45, 7) is 5.50. The quantitative estimate of drug-likeness (QED) is 0.411. The molecule has 2 aromatic rings. The van der Waals surface area contributed by atoms with E-state index in [1.165, 1.54) is 5.56 Å². The fourth-order valence-electron chi connectivity index (χ4n) is 3.31. The van der Waals surface area contributed by atoms with E-state index in [-0.39, 0.29) is 5.91 Å². The zero-order chi connectivity index (χ0) is 20.5. The van der Waals surface area contributed by atoms with Gasteiger partial charge in [-0.05, 0) is 36.6 Å². The minimum absolute atomic E-state index is 0.256. The van der Waals surface area contributed by atoms with Gasteiger partial charge in [0.2, 0.25) is 5.91 Å². The van der Waals surface area contributed by atoms with Crippen LogP contribution in [0.3, 0.4) is 0 Å². The van der Waals surface area contributed by atoms with Gasteiger partial charge in [0.25, 0.3) is 0 Å². The third kappa shape index (κ3) is 6.52. The van der Waals surface area contributed by atoms with Gasteiger partial charge in [0, 0.05) is 33.1 Å². The fraction of sp³-hybridized carbons (Fsp3) is 0.391. The van der Waals surface area contributed by atoms with Crippen molar-refractivity contribution in [3.8, 4) is 5.75 Å². The van der Waals surface area contributed by atoms with Crippen LogP contribution in [0.1, 0.15) is 29.5 Å². The predicted molar refractivity (Wildman–Crippen MR) is 116 cm³/mol. The Hall–Kier alpha value is -3.02. The van der Waals surface area contributed by atoms with Crippen LogP contribution in [0, 0.1) is 6.92 Å². The number of nitrogens with one attached hydrogen (secondary N) is 2. The number of hydrogen-bond acceptors (Lipinski definition) is 3.